The molecular weight excluding hydrogens is 232 g/mol. The van der Waals surface area contributed by atoms with Gasteiger partial charge in [0.1, 0.15) is 16.6 Å². The normalized spacial score (nSPS) is 10.5. The van der Waals surface area contributed by atoms with E-state index in [2.05, 4.69) is 17.2 Å². The molecule has 17 heavy (non-hydrogen) atoms. The Labute approximate surface area is 106 Å². The second-order valence-electron chi connectivity index (χ2n) is 3.73. The molecule has 0 aliphatic rings. The predicted octanol–water partition coefficient (Wildman–Crippen LogP) is 3.96. The standard InChI is InChI=1S/C13H16N2OS/c1-3-8-14-12-5-4-6-13(15-12)17-11-7-9-16-10(11)2/h4-7,9H,3,8H2,1-2H3,(H,14,15). The average Bonchev–Trinajstić information content (AvgIpc) is 2.73. The van der Waals surface area contributed by atoms with Gasteiger partial charge in [-0.25, -0.2) is 4.98 Å². The fraction of sp³-hybridized carbons (Fsp3) is 0.308. The Morgan fingerprint density at radius 2 is 2.24 bits per heavy atom. The number of aryl methyl sites for hydroxylation is 1. The van der Waals surface area contributed by atoms with Gasteiger partial charge in [-0.3, -0.25) is 0 Å². The third-order valence-corrected chi connectivity index (χ3v) is 3.39. The molecule has 0 spiro atoms. The summed E-state index contributed by atoms with van der Waals surface area (Å²) in [4.78, 5) is 5.65. The Bertz CT molecular complexity index is 482. The van der Waals surface area contributed by atoms with Gasteiger partial charge in [-0.15, -0.1) is 0 Å². The fourth-order valence-electron chi connectivity index (χ4n) is 1.42. The third-order valence-electron chi connectivity index (χ3n) is 2.31. The molecular formula is C13H16N2OS. The van der Waals surface area contributed by atoms with Crippen LogP contribution < -0.4 is 5.32 Å². The summed E-state index contributed by atoms with van der Waals surface area (Å²) in [6.07, 6.45) is 2.80. The Hall–Kier alpha value is -1.42. The van der Waals surface area contributed by atoms with Crippen molar-refractivity contribution in [1.29, 1.82) is 0 Å². The van der Waals surface area contributed by atoms with E-state index in [9.17, 15) is 0 Å². The lowest BCUT2D eigenvalue weighted by Gasteiger charge is -2.05. The van der Waals surface area contributed by atoms with Crippen molar-refractivity contribution in [3.05, 3.63) is 36.3 Å². The van der Waals surface area contributed by atoms with Crippen molar-refractivity contribution in [1.82, 2.24) is 4.98 Å². The lowest BCUT2D eigenvalue weighted by Crippen LogP contribution is -2.01. The van der Waals surface area contributed by atoms with Gasteiger partial charge in [0.25, 0.3) is 0 Å². The molecule has 0 radical (unpaired) electrons. The van der Waals surface area contributed by atoms with Crippen LogP contribution in [0.4, 0.5) is 5.82 Å². The maximum Gasteiger partial charge on any atom is 0.127 e. The summed E-state index contributed by atoms with van der Waals surface area (Å²) in [5.74, 6) is 1.86. The summed E-state index contributed by atoms with van der Waals surface area (Å²) < 4.78 is 5.27. The molecule has 2 aromatic rings. The predicted molar refractivity (Wildman–Crippen MR) is 70.6 cm³/mol. The maximum absolute atomic E-state index is 5.27. The zero-order valence-electron chi connectivity index (χ0n) is 10.1. The molecule has 0 saturated heterocycles. The molecule has 0 aromatic carbocycles. The zero-order valence-corrected chi connectivity index (χ0v) is 10.9. The highest BCUT2D eigenvalue weighted by atomic mass is 32.2. The van der Waals surface area contributed by atoms with Crippen LogP contribution in [0.15, 0.2) is 44.9 Å². The van der Waals surface area contributed by atoms with Gasteiger partial charge >= 0.3 is 0 Å². The van der Waals surface area contributed by atoms with Crippen LogP contribution >= 0.6 is 11.8 Å². The lowest BCUT2D eigenvalue weighted by atomic mass is 10.4. The summed E-state index contributed by atoms with van der Waals surface area (Å²) >= 11 is 1.62. The molecule has 0 fully saturated rings. The number of aromatic nitrogens is 1. The van der Waals surface area contributed by atoms with E-state index in [4.69, 9.17) is 4.42 Å². The van der Waals surface area contributed by atoms with Gasteiger partial charge in [-0.05, 0) is 31.5 Å². The van der Waals surface area contributed by atoms with Crippen LogP contribution in [0.5, 0.6) is 0 Å². The van der Waals surface area contributed by atoms with E-state index in [-0.39, 0.29) is 0 Å². The molecule has 0 bridgehead atoms. The van der Waals surface area contributed by atoms with E-state index in [0.29, 0.717) is 0 Å². The summed E-state index contributed by atoms with van der Waals surface area (Å²) in [6.45, 7) is 5.05. The lowest BCUT2D eigenvalue weighted by molar-refractivity contribution is 0.527. The number of rotatable bonds is 5. The van der Waals surface area contributed by atoms with Crippen LogP contribution in [0.2, 0.25) is 0 Å². The molecule has 2 aromatic heterocycles. The monoisotopic (exact) mass is 248 g/mol. The number of nitrogens with zero attached hydrogens (tertiary/aromatic N) is 1. The van der Waals surface area contributed by atoms with Crippen molar-refractivity contribution < 1.29 is 4.42 Å². The number of hydrogen-bond donors (Lipinski definition) is 1. The van der Waals surface area contributed by atoms with E-state index in [1.165, 1.54) is 0 Å². The molecule has 0 aliphatic heterocycles. The van der Waals surface area contributed by atoms with Crippen molar-refractivity contribution in [2.75, 3.05) is 11.9 Å². The highest BCUT2D eigenvalue weighted by molar-refractivity contribution is 7.99. The van der Waals surface area contributed by atoms with Crippen LogP contribution in [0, 0.1) is 6.92 Å². The molecule has 3 nitrogen and oxygen atoms in total. The molecule has 0 atom stereocenters. The third kappa shape index (κ3) is 3.27. The summed E-state index contributed by atoms with van der Waals surface area (Å²) in [6, 6.07) is 7.98. The van der Waals surface area contributed by atoms with Crippen molar-refractivity contribution >= 4 is 17.6 Å². The number of hydrogen-bond acceptors (Lipinski definition) is 4. The van der Waals surface area contributed by atoms with Gasteiger partial charge in [0.15, 0.2) is 0 Å². The SMILES string of the molecule is CCCNc1cccc(Sc2ccoc2C)n1. The number of furan rings is 1. The molecule has 90 valence electrons. The Kier molecular flexibility index (Phi) is 4.09. The summed E-state index contributed by atoms with van der Waals surface area (Å²) in [5, 5.41) is 4.26. The zero-order chi connectivity index (χ0) is 12.1. The van der Waals surface area contributed by atoms with Crippen LogP contribution in [0.3, 0.4) is 0 Å². The van der Waals surface area contributed by atoms with Crippen molar-refractivity contribution in [2.45, 2.75) is 30.2 Å². The first-order chi connectivity index (χ1) is 8.29. The van der Waals surface area contributed by atoms with Crippen molar-refractivity contribution in [3.63, 3.8) is 0 Å². The molecule has 0 aliphatic carbocycles. The Balaban J connectivity index is 2.08. The van der Waals surface area contributed by atoms with E-state index in [1.807, 2.05) is 31.2 Å². The average molecular weight is 248 g/mol. The minimum atomic E-state index is 0.929. The van der Waals surface area contributed by atoms with Gasteiger partial charge in [0, 0.05) is 6.54 Å². The van der Waals surface area contributed by atoms with E-state index in [1.54, 1.807) is 18.0 Å². The van der Waals surface area contributed by atoms with Gasteiger partial charge in [-0.2, -0.15) is 0 Å². The number of pyridine rings is 1. The molecule has 4 heteroatoms. The van der Waals surface area contributed by atoms with Crippen LogP contribution in [-0.2, 0) is 0 Å². The molecule has 0 unspecified atom stereocenters. The minimum absolute atomic E-state index is 0.929. The van der Waals surface area contributed by atoms with Gasteiger partial charge in [0.05, 0.1) is 11.2 Å². The first kappa shape index (κ1) is 12.0. The Morgan fingerprint density at radius 3 is 2.94 bits per heavy atom. The van der Waals surface area contributed by atoms with Gasteiger partial charge in [0.2, 0.25) is 0 Å². The highest BCUT2D eigenvalue weighted by Gasteiger charge is 2.05. The molecule has 0 amide bonds. The second kappa shape index (κ2) is 5.77. The molecule has 0 saturated carbocycles. The largest absolute Gasteiger partial charge is 0.468 e. The summed E-state index contributed by atoms with van der Waals surface area (Å²) in [7, 11) is 0. The van der Waals surface area contributed by atoms with E-state index >= 15 is 0 Å². The molecule has 2 rings (SSSR count). The van der Waals surface area contributed by atoms with Crippen molar-refractivity contribution in [3.8, 4) is 0 Å². The van der Waals surface area contributed by atoms with Crippen LogP contribution in [-0.4, -0.2) is 11.5 Å². The molecule has 1 N–H and O–H groups in total. The highest BCUT2D eigenvalue weighted by Crippen LogP contribution is 2.29. The van der Waals surface area contributed by atoms with E-state index in [0.717, 1.165) is 34.5 Å². The summed E-state index contributed by atoms with van der Waals surface area (Å²) in [5.41, 5.74) is 0. The second-order valence-corrected chi connectivity index (χ2v) is 4.79. The van der Waals surface area contributed by atoms with Crippen LogP contribution in [0.25, 0.3) is 0 Å². The maximum atomic E-state index is 5.27. The fourth-order valence-corrected chi connectivity index (χ4v) is 2.25. The first-order valence-corrected chi connectivity index (χ1v) is 6.54. The first-order valence-electron chi connectivity index (χ1n) is 5.72. The quantitative estimate of drug-likeness (QED) is 0.869. The topological polar surface area (TPSA) is 38.1 Å². The minimum Gasteiger partial charge on any atom is -0.468 e. The number of anilines is 1. The van der Waals surface area contributed by atoms with Crippen LogP contribution in [0.1, 0.15) is 19.1 Å². The van der Waals surface area contributed by atoms with Crippen molar-refractivity contribution in [2.24, 2.45) is 0 Å². The van der Waals surface area contributed by atoms with Gasteiger partial charge < -0.3 is 9.73 Å². The smallest absolute Gasteiger partial charge is 0.127 e. The Morgan fingerprint density at radius 1 is 1.35 bits per heavy atom. The number of nitrogens with one attached hydrogen (secondary N) is 1. The van der Waals surface area contributed by atoms with Gasteiger partial charge in [-0.1, -0.05) is 24.8 Å². The molecule has 2 heterocycles. The van der Waals surface area contributed by atoms with E-state index < -0.39 is 0 Å².